The maximum atomic E-state index is 11.8. The van der Waals surface area contributed by atoms with Gasteiger partial charge in [-0.2, -0.15) is 0 Å². The maximum Gasteiger partial charge on any atom is 0.319 e. The van der Waals surface area contributed by atoms with E-state index in [2.05, 4.69) is 10.6 Å². The van der Waals surface area contributed by atoms with Crippen LogP contribution >= 0.6 is 11.6 Å². The second-order valence-electron chi connectivity index (χ2n) is 4.86. The molecule has 1 rings (SSSR count). The van der Waals surface area contributed by atoms with Gasteiger partial charge in [-0.25, -0.2) is 4.79 Å². The van der Waals surface area contributed by atoms with E-state index < -0.39 is 16.5 Å². The van der Waals surface area contributed by atoms with Crippen molar-refractivity contribution in [2.45, 2.75) is 25.8 Å². The highest BCUT2D eigenvalue weighted by Crippen LogP contribution is 2.26. The van der Waals surface area contributed by atoms with Gasteiger partial charge >= 0.3 is 6.03 Å². The Balaban J connectivity index is 2.74. The van der Waals surface area contributed by atoms with Gasteiger partial charge in [0, 0.05) is 24.3 Å². The predicted octanol–water partition coefficient (Wildman–Crippen LogP) is 2.53. The van der Waals surface area contributed by atoms with Gasteiger partial charge in [-0.15, -0.1) is 0 Å². The van der Waals surface area contributed by atoms with Gasteiger partial charge in [-0.3, -0.25) is 10.1 Å². The number of nitrogens with one attached hydrogen (secondary N) is 2. The Hall–Kier alpha value is -1.86. The fourth-order valence-corrected chi connectivity index (χ4v) is 1.74. The van der Waals surface area contributed by atoms with E-state index in [0.29, 0.717) is 6.42 Å². The van der Waals surface area contributed by atoms with Crippen molar-refractivity contribution in [2.75, 3.05) is 11.9 Å². The topological polar surface area (TPSA) is 104 Å². The number of non-ortho nitro benzene ring substituents is 1. The summed E-state index contributed by atoms with van der Waals surface area (Å²) in [5.74, 6) is 0. The summed E-state index contributed by atoms with van der Waals surface area (Å²) in [6, 6.07) is 3.27. The number of nitro groups is 1. The molecule has 0 aliphatic rings. The van der Waals surface area contributed by atoms with Crippen molar-refractivity contribution in [3.05, 3.63) is 33.3 Å². The molecule has 0 aliphatic carbocycles. The Morgan fingerprint density at radius 3 is 2.65 bits per heavy atom. The molecule has 8 heteroatoms. The molecule has 0 heterocycles. The van der Waals surface area contributed by atoms with E-state index in [1.54, 1.807) is 13.8 Å². The lowest BCUT2D eigenvalue weighted by atomic mass is 10.0. The fourth-order valence-electron chi connectivity index (χ4n) is 1.52. The monoisotopic (exact) mass is 301 g/mol. The molecule has 0 fully saturated rings. The first kappa shape index (κ1) is 16.2. The van der Waals surface area contributed by atoms with Crippen LogP contribution in [-0.4, -0.2) is 28.2 Å². The molecule has 0 aliphatic heterocycles. The third kappa shape index (κ3) is 4.67. The normalized spacial score (nSPS) is 11.0. The molecule has 2 amide bonds. The van der Waals surface area contributed by atoms with E-state index in [-0.39, 0.29) is 23.0 Å². The fraction of sp³-hybridized carbons (Fsp3) is 0.417. The summed E-state index contributed by atoms with van der Waals surface area (Å²) in [5, 5.41) is 24.7. The van der Waals surface area contributed by atoms with Gasteiger partial charge in [-0.1, -0.05) is 11.6 Å². The van der Waals surface area contributed by atoms with Gasteiger partial charge in [0.15, 0.2) is 0 Å². The number of anilines is 1. The first-order chi connectivity index (χ1) is 9.25. The Morgan fingerprint density at radius 2 is 2.15 bits per heavy atom. The van der Waals surface area contributed by atoms with Gasteiger partial charge in [0.05, 0.1) is 15.6 Å². The molecular formula is C12H16ClN3O4. The molecule has 1 aromatic carbocycles. The second kappa shape index (κ2) is 6.53. The number of hydrogen-bond donors (Lipinski definition) is 3. The Kier molecular flexibility index (Phi) is 5.29. The van der Waals surface area contributed by atoms with Crippen molar-refractivity contribution in [3.8, 4) is 0 Å². The number of rotatable bonds is 5. The third-order valence-electron chi connectivity index (χ3n) is 2.60. The van der Waals surface area contributed by atoms with E-state index in [1.807, 2.05) is 0 Å². The summed E-state index contributed by atoms with van der Waals surface area (Å²) in [6.07, 6.45) is 0.397. The van der Waals surface area contributed by atoms with E-state index in [0.717, 1.165) is 6.07 Å². The minimum atomic E-state index is -0.577. The smallest absolute Gasteiger partial charge is 0.319 e. The molecule has 0 radical (unpaired) electrons. The molecule has 0 bridgehead atoms. The predicted molar refractivity (Wildman–Crippen MR) is 76.0 cm³/mol. The molecule has 0 unspecified atom stereocenters. The molecule has 1 aromatic rings. The number of carbonyl (C=O) groups is 1. The number of nitro benzene ring substituents is 1. The average Bonchev–Trinajstić information content (AvgIpc) is 2.30. The highest BCUT2D eigenvalue weighted by molar-refractivity contribution is 6.33. The van der Waals surface area contributed by atoms with Crippen molar-refractivity contribution in [3.63, 3.8) is 0 Å². The lowest BCUT2D eigenvalue weighted by Gasteiger charge is -2.25. The van der Waals surface area contributed by atoms with E-state index in [9.17, 15) is 14.9 Å². The van der Waals surface area contributed by atoms with Crippen LogP contribution in [0.1, 0.15) is 20.3 Å². The molecular weight excluding hydrogens is 286 g/mol. The van der Waals surface area contributed by atoms with Crippen LogP contribution in [0, 0.1) is 10.1 Å². The van der Waals surface area contributed by atoms with Crippen LogP contribution in [0.4, 0.5) is 16.2 Å². The highest BCUT2D eigenvalue weighted by Gasteiger charge is 2.20. The van der Waals surface area contributed by atoms with Crippen molar-refractivity contribution < 1.29 is 14.8 Å². The van der Waals surface area contributed by atoms with Gasteiger partial charge in [0.1, 0.15) is 0 Å². The first-order valence-electron chi connectivity index (χ1n) is 5.89. The number of carbonyl (C=O) groups excluding carboxylic acids is 1. The van der Waals surface area contributed by atoms with Gasteiger partial charge in [0.2, 0.25) is 0 Å². The standard InChI is InChI=1S/C12H16ClN3O4/c1-12(2,5-6-17)15-11(18)14-10-4-3-8(16(19)20)7-9(10)13/h3-4,7,17H,5-6H2,1-2H3,(H2,14,15,18). The zero-order valence-electron chi connectivity index (χ0n) is 11.1. The number of amides is 2. The van der Waals surface area contributed by atoms with Crippen LogP contribution < -0.4 is 10.6 Å². The Morgan fingerprint density at radius 1 is 1.50 bits per heavy atom. The third-order valence-corrected chi connectivity index (χ3v) is 2.91. The number of benzene rings is 1. The van der Waals surface area contributed by atoms with Gasteiger partial charge in [-0.05, 0) is 26.3 Å². The summed E-state index contributed by atoms with van der Waals surface area (Å²) in [7, 11) is 0. The summed E-state index contributed by atoms with van der Waals surface area (Å²) in [6.45, 7) is 3.48. The number of urea groups is 1. The van der Waals surface area contributed by atoms with Crippen LogP contribution in [0.15, 0.2) is 18.2 Å². The molecule has 0 spiro atoms. The lowest BCUT2D eigenvalue weighted by molar-refractivity contribution is -0.384. The number of hydrogen-bond acceptors (Lipinski definition) is 4. The van der Waals surface area contributed by atoms with E-state index >= 15 is 0 Å². The highest BCUT2D eigenvalue weighted by atomic mass is 35.5. The molecule has 7 nitrogen and oxygen atoms in total. The Labute approximate surface area is 121 Å². The average molecular weight is 302 g/mol. The van der Waals surface area contributed by atoms with Crippen LogP contribution in [0.5, 0.6) is 0 Å². The quantitative estimate of drug-likeness (QED) is 0.574. The molecule has 0 aromatic heterocycles. The maximum absolute atomic E-state index is 11.8. The molecule has 0 atom stereocenters. The molecule has 3 N–H and O–H groups in total. The number of nitrogens with zero attached hydrogens (tertiary/aromatic N) is 1. The summed E-state index contributed by atoms with van der Waals surface area (Å²) in [5.41, 5.74) is -0.456. The lowest BCUT2D eigenvalue weighted by Crippen LogP contribution is -2.46. The summed E-state index contributed by atoms with van der Waals surface area (Å²) < 4.78 is 0. The zero-order valence-corrected chi connectivity index (χ0v) is 11.9. The number of aliphatic hydroxyl groups is 1. The van der Waals surface area contributed by atoms with Crippen LogP contribution in [0.3, 0.4) is 0 Å². The first-order valence-corrected chi connectivity index (χ1v) is 6.27. The van der Waals surface area contributed by atoms with Crippen molar-refractivity contribution >= 4 is 29.0 Å². The van der Waals surface area contributed by atoms with Gasteiger partial charge in [0.25, 0.3) is 5.69 Å². The van der Waals surface area contributed by atoms with Crippen molar-refractivity contribution in [2.24, 2.45) is 0 Å². The summed E-state index contributed by atoms with van der Waals surface area (Å²) in [4.78, 5) is 21.8. The number of halogens is 1. The molecule has 0 saturated heterocycles. The minimum Gasteiger partial charge on any atom is -0.396 e. The largest absolute Gasteiger partial charge is 0.396 e. The van der Waals surface area contributed by atoms with Gasteiger partial charge < -0.3 is 15.7 Å². The minimum absolute atomic E-state index is 0.0500. The zero-order chi connectivity index (χ0) is 15.3. The van der Waals surface area contributed by atoms with Crippen LogP contribution in [0.25, 0.3) is 0 Å². The van der Waals surface area contributed by atoms with Crippen molar-refractivity contribution in [1.29, 1.82) is 0 Å². The second-order valence-corrected chi connectivity index (χ2v) is 5.27. The number of aliphatic hydroxyl groups excluding tert-OH is 1. The Bertz CT molecular complexity index is 519. The molecule has 0 saturated carbocycles. The van der Waals surface area contributed by atoms with E-state index in [4.69, 9.17) is 16.7 Å². The van der Waals surface area contributed by atoms with E-state index in [1.165, 1.54) is 12.1 Å². The molecule has 20 heavy (non-hydrogen) atoms. The van der Waals surface area contributed by atoms with Crippen LogP contribution in [-0.2, 0) is 0 Å². The SMILES string of the molecule is CC(C)(CCO)NC(=O)Nc1ccc([N+](=O)[O-])cc1Cl. The van der Waals surface area contributed by atoms with Crippen LogP contribution in [0.2, 0.25) is 5.02 Å². The van der Waals surface area contributed by atoms with Crippen molar-refractivity contribution in [1.82, 2.24) is 5.32 Å². The summed E-state index contributed by atoms with van der Waals surface area (Å²) >= 11 is 5.86. The molecule has 110 valence electrons.